The molecule has 21 heavy (non-hydrogen) atoms. The van der Waals surface area contributed by atoms with Crippen molar-refractivity contribution in [3.05, 3.63) is 29.8 Å². The summed E-state index contributed by atoms with van der Waals surface area (Å²) in [7, 11) is 0. The lowest BCUT2D eigenvalue weighted by Crippen LogP contribution is -2.21. The van der Waals surface area contributed by atoms with E-state index in [4.69, 9.17) is 10.5 Å². The molecule has 1 amide bonds. The number of nitrogen functional groups attached to an aromatic ring is 1. The van der Waals surface area contributed by atoms with Crippen LogP contribution in [0.5, 0.6) is 5.75 Å². The second kappa shape index (κ2) is 9.06. The summed E-state index contributed by atoms with van der Waals surface area (Å²) in [5, 5.41) is 2.79. The minimum Gasteiger partial charge on any atom is -0.491 e. The Kier molecular flexibility index (Phi) is 7.37. The molecule has 0 radical (unpaired) electrons. The van der Waals surface area contributed by atoms with E-state index in [1.165, 1.54) is 6.08 Å². The van der Waals surface area contributed by atoms with Crippen molar-refractivity contribution in [2.45, 2.75) is 33.6 Å². The molecular formula is C17H26N2O2. The first kappa shape index (κ1) is 17.1. The highest BCUT2D eigenvalue weighted by Gasteiger charge is 2.02. The standard InChI is InChI=1S/C17H26N2O2/c1-4-10-19-17(20)8-6-14-5-7-16(15(18)12-14)21-11-9-13(2)3/h5-8,12-13H,4,9-11,18H2,1-3H3,(H,19,20)/b8-6-. The highest BCUT2D eigenvalue weighted by atomic mass is 16.5. The van der Waals surface area contributed by atoms with Crippen molar-refractivity contribution in [1.29, 1.82) is 0 Å². The molecule has 0 saturated carbocycles. The lowest BCUT2D eigenvalue weighted by atomic mass is 10.1. The van der Waals surface area contributed by atoms with Gasteiger partial charge in [0.15, 0.2) is 0 Å². The largest absolute Gasteiger partial charge is 0.491 e. The van der Waals surface area contributed by atoms with E-state index in [2.05, 4.69) is 19.2 Å². The SMILES string of the molecule is CCCNC(=O)/C=C\c1ccc(OCCC(C)C)c(N)c1. The first-order valence-electron chi connectivity index (χ1n) is 7.51. The third-order valence-electron chi connectivity index (χ3n) is 2.96. The molecular weight excluding hydrogens is 264 g/mol. The smallest absolute Gasteiger partial charge is 0.243 e. The fraction of sp³-hybridized carbons (Fsp3) is 0.471. The third kappa shape index (κ3) is 6.84. The molecule has 0 fully saturated rings. The van der Waals surface area contributed by atoms with Crippen molar-refractivity contribution >= 4 is 17.7 Å². The highest BCUT2D eigenvalue weighted by molar-refractivity contribution is 5.91. The van der Waals surface area contributed by atoms with Gasteiger partial charge in [0, 0.05) is 12.6 Å². The normalized spacial score (nSPS) is 11.0. The van der Waals surface area contributed by atoms with Crippen LogP contribution >= 0.6 is 0 Å². The number of hydrogen-bond acceptors (Lipinski definition) is 3. The molecule has 0 aliphatic carbocycles. The van der Waals surface area contributed by atoms with E-state index in [9.17, 15) is 4.79 Å². The summed E-state index contributed by atoms with van der Waals surface area (Å²) < 4.78 is 5.65. The molecule has 0 aliphatic rings. The van der Waals surface area contributed by atoms with E-state index in [1.54, 1.807) is 6.08 Å². The van der Waals surface area contributed by atoms with Gasteiger partial charge in [0.1, 0.15) is 5.75 Å². The zero-order valence-corrected chi connectivity index (χ0v) is 13.2. The topological polar surface area (TPSA) is 64.3 Å². The van der Waals surface area contributed by atoms with E-state index >= 15 is 0 Å². The number of benzene rings is 1. The second-order valence-corrected chi connectivity index (χ2v) is 5.45. The van der Waals surface area contributed by atoms with Crippen molar-refractivity contribution in [3.63, 3.8) is 0 Å². The molecule has 0 saturated heterocycles. The van der Waals surface area contributed by atoms with E-state index in [1.807, 2.05) is 25.1 Å². The lowest BCUT2D eigenvalue weighted by Gasteiger charge is -2.10. The Bertz CT molecular complexity index is 482. The zero-order valence-electron chi connectivity index (χ0n) is 13.2. The average molecular weight is 290 g/mol. The fourth-order valence-electron chi connectivity index (χ4n) is 1.69. The number of carbonyl (C=O) groups excluding carboxylic acids is 1. The maximum atomic E-state index is 11.5. The second-order valence-electron chi connectivity index (χ2n) is 5.45. The van der Waals surface area contributed by atoms with Crippen LogP contribution in [0.3, 0.4) is 0 Å². The van der Waals surface area contributed by atoms with Crippen molar-refractivity contribution in [1.82, 2.24) is 5.32 Å². The molecule has 0 heterocycles. The van der Waals surface area contributed by atoms with Gasteiger partial charge in [0.2, 0.25) is 5.91 Å². The summed E-state index contributed by atoms with van der Waals surface area (Å²) in [5.41, 5.74) is 7.44. The summed E-state index contributed by atoms with van der Waals surface area (Å²) >= 11 is 0. The fourth-order valence-corrected chi connectivity index (χ4v) is 1.69. The van der Waals surface area contributed by atoms with Crippen LogP contribution in [0.4, 0.5) is 5.69 Å². The van der Waals surface area contributed by atoms with Crippen molar-refractivity contribution < 1.29 is 9.53 Å². The van der Waals surface area contributed by atoms with Crippen molar-refractivity contribution in [2.24, 2.45) is 5.92 Å². The van der Waals surface area contributed by atoms with Gasteiger partial charge in [-0.25, -0.2) is 0 Å². The van der Waals surface area contributed by atoms with Gasteiger partial charge in [0.25, 0.3) is 0 Å². The van der Waals surface area contributed by atoms with Gasteiger partial charge in [-0.3, -0.25) is 4.79 Å². The number of nitrogens with two attached hydrogens (primary N) is 1. The predicted molar refractivity (Wildman–Crippen MR) is 88.1 cm³/mol. The summed E-state index contributed by atoms with van der Waals surface area (Å²) in [6, 6.07) is 5.55. The monoisotopic (exact) mass is 290 g/mol. The maximum absolute atomic E-state index is 11.5. The van der Waals surface area contributed by atoms with E-state index in [-0.39, 0.29) is 5.91 Å². The molecule has 0 aliphatic heterocycles. The quantitative estimate of drug-likeness (QED) is 0.570. The molecule has 0 spiro atoms. The average Bonchev–Trinajstić information content (AvgIpc) is 2.44. The van der Waals surface area contributed by atoms with Gasteiger partial charge in [-0.2, -0.15) is 0 Å². The molecule has 0 unspecified atom stereocenters. The van der Waals surface area contributed by atoms with Crippen LogP contribution in [-0.2, 0) is 4.79 Å². The molecule has 3 N–H and O–H groups in total. The first-order valence-corrected chi connectivity index (χ1v) is 7.51. The van der Waals surface area contributed by atoms with Crippen LogP contribution < -0.4 is 15.8 Å². The Labute approximate surface area is 127 Å². The number of hydrogen-bond donors (Lipinski definition) is 2. The Morgan fingerprint density at radius 3 is 2.81 bits per heavy atom. The number of nitrogens with one attached hydrogen (secondary N) is 1. The third-order valence-corrected chi connectivity index (χ3v) is 2.96. The van der Waals surface area contributed by atoms with Gasteiger partial charge in [-0.1, -0.05) is 26.8 Å². The molecule has 0 bridgehead atoms. The Morgan fingerprint density at radius 2 is 2.19 bits per heavy atom. The molecule has 0 atom stereocenters. The number of rotatable bonds is 8. The van der Waals surface area contributed by atoms with Crippen LogP contribution in [0.1, 0.15) is 39.2 Å². The summed E-state index contributed by atoms with van der Waals surface area (Å²) in [6.45, 7) is 7.68. The van der Waals surface area contributed by atoms with Gasteiger partial charge >= 0.3 is 0 Å². The summed E-state index contributed by atoms with van der Waals surface area (Å²) in [5.74, 6) is 1.21. The van der Waals surface area contributed by atoms with Crippen LogP contribution in [0.15, 0.2) is 24.3 Å². The zero-order chi connectivity index (χ0) is 15.7. The number of amides is 1. The van der Waals surface area contributed by atoms with Crippen LogP contribution in [0.2, 0.25) is 0 Å². The molecule has 4 nitrogen and oxygen atoms in total. The molecule has 0 aromatic heterocycles. The van der Waals surface area contributed by atoms with Gasteiger partial charge in [-0.15, -0.1) is 0 Å². The van der Waals surface area contributed by atoms with Crippen LogP contribution in [0.25, 0.3) is 6.08 Å². The first-order chi connectivity index (χ1) is 10.0. The summed E-state index contributed by atoms with van der Waals surface area (Å²) in [4.78, 5) is 11.5. The van der Waals surface area contributed by atoms with Crippen molar-refractivity contribution in [3.8, 4) is 5.75 Å². The van der Waals surface area contributed by atoms with E-state index < -0.39 is 0 Å². The summed E-state index contributed by atoms with van der Waals surface area (Å²) in [6.07, 6.45) is 5.19. The maximum Gasteiger partial charge on any atom is 0.243 e. The predicted octanol–water partition coefficient (Wildman–Crippen LogP) is 3.23. The Hall–Kier alpha value is -1.97. The van der Waals surface area contributed by atoms with Crippen molar-refractivity contribution in [2.75, 3.05) is 18.9 Å². The highest BCUT2D eigenvalue weighted by Crippen LogP contribution is 2.23. The number of ether oxygens (including phenoxy) is 1. The minimum absolute atomic E-state index is 0.0901. The Balaban J connectivity index is 2.57. The Morgan fingerprint density at radius 1 is 1.43 bits per heavy atom. The minimum atomic E-state index is -0.0901. The molecule has 116 valence electrons. The molecule has 4 heteroatoms. The molecule has 1 aromatic rings. The van der Waals surface area contributed by atoms with E-state index in [0.717, 1.165) is 18.4 Å². The van der Waals surface area contributed by atoms with Crippen LogP contribution in [-0.4, -0.2) is 19.1 Å². The van der Waals surface area contributed by atoms with Crippen LogP contribution in [0, 0.1) is 5.92 Å². The van der Waals surface area contributed by atoms with Gasteiger partial charge < -0.3 is 15.8 Å². The molecule has 1 rings (SSSR count). The van der Waals surface area contributed by atoms with Gasteiger partial charge in [0.05, 0.1) is 12.3 Å². The van der Waals surface area contributed by atoms with E-state index in [0.29, 0.717) is 30.5 Å². The number of anilines is 1. The number of carbonyl (C=O) groups is 1. The lowest BCUT2D eigenvalue weighted by molar-refractivity contribution is -0.116. The van der Waals surface area contributed by atoms with Gasteiger partial charge in [-0.05, 0) is 42.5 Å². The molecule has 1 aromatic carbocycles.